The van der Waals surface area contributed by atoms with E-state index in [0.717, 1.165) is 5.56 Å². The molecular weight excluding hydrogens is 392 g/mol. The van der Waals surface area contributed by atoms with Gasteiger partial charge >= 0.3 is 5.97 Å². The maximum atomic E-state index is 12.2. The van der Waals surface area contributed by atoms with Crippen molar-refractivity contribution in [3.8, 4) is 11.8 Å². The van der Waals surface area contributed by atoms with E-state index in [2.05, 4.69) is 22.1 Å². The van der Waals surface area contributed by atoms with Crippen LogP contribution < -0.4 is 5.32 Å². The molecule has 1 unspecified atom stereocenters. The molecule has 0 spiro atoms. The summed E-state index contributed by atoms with van der Waals surface area (Å²) in [5.74, 6) is 3.73. The van der Waals surface area contributed by atoms with E-state index in [9.17, 15) is 18.4 Å². The molecule has 1 atom stereocenters. The number of ether oxygens (including phenoxy) is 1. The second kappa shape index (κ2) is 9.59. The lowest BCUT2D eigenvalue weighted by Gasteiger charge is -2.09. The molecule has 0 aliphatic rings. The Morgan fingerprint density at radius 1 is 1.14 bits per heavy atom. The van der Waals surface area contributed by atoms with Crippen LogP contribution in [0, 0.1) is 11.8 Å². The Morgan fingerprint density at radius 3 is 2.69 bits per heavy atom. The first-order chi connectivity index (χ1) is 14.0. The van der Waals surface area contributed by atoms with Gasteiger partial charge in [0, 0.05) is 28.0 Å². The molecule has 0 aliphatic heterocycles. The fourth-order valence-corrected chi connectivity index (χ4v) is 3.03. The predicted octanol–water partition coefficient (Wildman–Crippen LogP) is 1.95. The molecule has 1 N–H and O–H groups in total. The van der Waals surface area contributed by atoms with Gasteiger partial charge in [0.2, 0.25) is 0 Å². The highest BCUT2D eigenvalue weighted by Crippen LogP contribution is 2.20. The fraction of sp³-hybridized carbons (Fsp3) is 0.0952. The fourth-order valence-electron chi connectivity index (χ4n) is 2.51. The molecule has 0 aliphatic carbocycles. The first-order valence-electron chi connectivity index (χ1n) is 8.50. The first-order valence-corrected chi connectivity index (χ1v) is 9.58. The van der Waals surface area contributed by atoms with E-state index in [1.165, 1.54) is 30.5 Å². The molecule has 29 heavy (non-hydrogen) atoms. The summed E-state index contributed by atoms with van der Waals surface area (Å²) in [6.07, 6.45) is 1.36. The van der Waals surface area contributed by atoms with Gasteiger partial charge in [-0.05, 0) is 34.8 Å². The normalized spacial score (nSPS) is 11.2. The number of carbonyl (C=O) groups is 2. The summed E-state index contributed by atoms with van der Waals surface area (Å²) < 4.78 is 27.5. The largest absolute Gasteiger partial charge is 0.768 e. The zero-order valence-electron chi connectivity index (χ0n) is 15.1. The zero-order chi connectivity index (χ0) is 20.6. The predicted molar refractivity (Wildman–Crippen MR) is 105 cm³/mol. The van der Waals surface area contributed by atoms with Gasteiger partial charge in [0.1, 0.15) is 6.61 Å². The van der Waals surface area contributed by atoms with Gasteiger partial charge in [-0.3, -0.25) is 14.0 Å². The zero-order valence-corrected chi connectivity index (χ0v) is 15.9. The number of fused-ring (bicyclic) bond motifs is 1. The molecule has 3 rings (SSSR count). The number of pyridine rings is 1. The molecule has 1 aromatic heterocycles. The summed E-state index contributed by atoms with van der Waals surface area (Å²) >= 11 is -2.40. The molecule has 1 heterocycles. The maximum absolute atomic E-state index is 12.2. The van der Waals surface area contributed by atoms with Crippen molar-refractivity contribution in [1.82, 2.24) is 10.3 Å². The summed E-state index contributed by atoms with van der Waals surface area (Å²) in [5, 5.41) is 2.99. The van der Waals surface area contributed by atoms with Gasteiger partial charge < -0.3 is 14.6 Å². The van der Waals surface area contributed by atoms with Gasteiger partial charge in [-0.1, -0.05) is 42.3 Å². The average molecular weight is 407 g/mol. The Hall–Kier alpha value is -3.54. The van der Waals surface area contributed by atoms with E-state index in [1.54, 1.807) is 0 Å². The van der Waals surface area contributed by atoms with Crippen molar-refractivity contribution in [3.63, 3.8) is 0 Å². The molecule has 0 saturated carbocycles. The Kier molecular flexibility index (Phi) is 6.68. The highest BCUT2D eigenvalue weighted by molar-refractivity contribution is 7.79. The number of rotatable bonds is 5. The van der Waals surface area contributed by atoms with Crippen molar-refractivity contribution in [2.75, 3.05) is 6.54 Å². The van der Waals surface area contributed by atoms with Crippen LogP contribution in [0.25, 0.3) is 10.9 Å². The highest BCUT2D eigenvalue weighted by Gasteiger charge is 2.08. The van der Waals surface area contributed by atoms with Gasteiger partial charge in [0.05, 0.1) is 12.1 Å². The minimum Gasteiger partial charge on any atom is -0.768 e. The number of nitrogens with one attached hydrogen (secondary N) is 1. The summed E-state index contributed by atoms with van der Waals surface area (Å²) in [6.45, 7) is 0.0797. The van der Waals surface area contributed by atoms with Crippen LogP contribution in [0.15, 0.2) is 65.7 Å². The van der Waals surface area contributed by atoms with E-state index in [-0.39, 0.29) is 18.0 Å². The second-order valence-corrected chi connectivity index (χ2v) is 6.73. The quantitative estimate of drug-likeness (QED) is 0.300. The van der Waals surface area contributed by atoms with Crippen LogP contribution in [0.2, 0.25) is 0 Å². The van der Waals surface area contributed by atoms with Crippen LogP contribution in [-0.4, -0.2) is 32.2 Å². The highest BCUT2D eigenvalue weighted by atomic mass is 32.2. The minimum absolute atomic E-state index is 0.0463. The van der Waals surface area contributed by atoms with Crippen molar-refractivity contribution in [1.29, 1.82) is 0 Å². The number of esters is 1. The van der Waals surface area contributed by atoms with Gasteiger partial charge in [-0.15, -0.1) is 0 Å². The molecule has 7 nitrogen and oxygen atoms in total. The summed E-state index contributed by atoms with van der Waals surface area (Å²) in [7, 11) is 0. The number of carbonyl (C=O) groups excluding carboxylic acids is 2. The lowest BCUT2D eigenvalue weighted by molar-refractivity contribution is -0.137. The van der Waals surface area contributed by atoms with E-state index in [4.69, 9.17) is 4.74 Å². The molecule has 0 saturated heterocycles. The molecule has 0 bridgehead atoms. The molecule has 0 fully saturated rings. The Balaban J connectivity index is 1.55. The van der Waals surface area contributed by atoms with Crippen molar-refractivity contribution in [2.24, 2.45) is 0 Å². The van der Waals surface area contributed by atoms with Crippen LogP contribution in [0.1, 0.15) is 15.9 Å². The Labute approximate surface area is 169 Å². The number of benzene rings is 2. The Bertz CT molecular complexity index is 1140. The average Bonchev–Trinajstić information content (AvgIpc) is 2.75. The number of amides is 1. The topological polar surface area (TPSA) is 108 Å². The lowest BCUT2D eigenvalue weighted by atomic mass is 10.1. The van der Waals surface area contributed by atoms with E-state index in [1.807, 2.05) is 30.3 Å². The number of hydrogen-bond donors (Lipinski definition) is 1. The molecule has 0 radical (unpaired) electrons. The van der Waals surface area contributed by atoms with E-state index in [0.29, 0.717) is 16.5 Å². The summed E-state index contributed by atoms with van der Waals surface area (Å²) in [4.78, 5) is 28.0. The van der Waals surface area contributed by atoms with Gasteiger partial charge in [-0.2, -0.15) is 0 Å². The number of aromatic nitrogens is 1. The van der Waals surface area contributed by atoms with Crippen LogP contribution in [-0.2, 0) is 27.2 Å². The standard InChI is InChI=1S/C21H16N2O5S/c24-20(28-14-15-5-2-1-3-6-15)7-4-11-23-21(25)16-8-9-17-18(13-16)22-12-10-19(17)29(26)27/h1-3,5-6,8-10,12-13H,11,14H2,(H,23,25)(H,26,27)/p-1. The second-order valence-electron chi connectivity index (χ2n) is 5.82. The number of hydrogen-bond acceptors (Lipinski definition) is 6. The van der Waals surface area contributed by atoms with Crippen LogP contribution >= 0.6 is 0 Å². The molecule has 146 valence electrons. The van der Waals surface area contributed by atoms with Crippen LogP contribution in [0.5, 0.6) is 0 Å². The number of nitrogens with zero attached hydrogens (tertiary/aromatic N) is 1. The molecule has 8 heteroatoms. The third-order valence-corrected chi connectivity index (χ3v) is 4.60. The third kappa shape index (κ3) is 5.48. The van der Waals surface area contributed by atoms with E-state index >= 15 is 0 Å². The van der Waals surface area contributed by atoms with E-state index < -0.39 is 23.0 Å². The van der Waals surface area contributed by atoms with Crippen molar-refractivity contribution in [2.45, 2.75) is 11.5 Å². The third-order valence-electron chi connectivity index (χ3n) is 3.89. The molecule has 2 aromatic carbocycles. The van der Waals surface area contributed by atoms with Gasteiger partial charge in [0.25, 0.3) is 5.91 Å². The van der Waals surface area contributed by atoms with Crippen LogP contribution in [0.4, 0.5) is 0 Å². The van der Waals surface area contributed by atoms with Crippen LogP contribution in [0.3, 0.4) is 0 Å². The maximum Gasteiger partial charge on any atom is 0.384 e. The van der Waals surface area contributed by atoms with Gasteiger partial charge in [0.15, 0.2) is 0 Å². The van der Waals surface area contributed by atoms with Crippen molar-refractivity contribution < 1.29 is 23.1 Å². The molecular formula is C21H15N2O5S-. The summed E-state index contributed by atoms with van der Waals surface area (Å²) in [5.41, 5.74) is 1.53. The molecule has 3 aromatic rings. The minimum atomic E-state index is -2.40. The SMILES string of the molecule is O=C(C#CCNC(=O)c1ccc2c(S(=O)[O-])ccnc2c1)OCc1ccccc1. The lowest BCUT2D eigenvalue weighted by Crippen LogP contribution is -2.23. The molecule has 1 amide bonds. The smallest absolute Gasteiger partial charge is 0.384 e. The van der Waals surface area contributed by atoms with Crippen molar-refractivity contribution >= 4 is 33.9 Å². The first kappa shape index (κ1) is 20.2. The monoisotopic (exact) mass is 407 g/mol. The summed E-state index contributed by atoms with van der Waals surface area (Å²) in [6, 6.07) is 15.1. The van der Waals surface area contributed by atoms with Crippen molar-refractivity contribution in [3.05, 3.63) is 71.9 Å². The van der Waals surface area contributed by atoms with Gasteiger partial charge in [-0.25, -0.2) is 4.79 Å². The Morgan fingerprint density at radius 2 is 1.93 bits per heavy atom.